The van der Waals surface area contributed by atoms with E-state index in [1.807, 2.05) is 45.0 Å². The molecular weight excluding hydrogens is 486 g/mol. The molecule has 0 heterocycles. The van der Waals surface area contributed by atoms with Crippen molar-refractivity contribution >= 4 is 39.1 Å². The quantitative estimate of drug-likeness (QED) is 0.419. The van der Waals surface area contributed by atoms with Crippen molar-refractivity contribution in [2.24, 2.45) is 0 Å². The first-order chi connectivity index (χ1) is 16.6. The summed E-state index contributed by atoms with van der Waals surface area (Å²) in [6.07, 6.45) is 2.87. The lowest BCUT2D eigenvalue weighted by Crippen LogP contribution is -2.49. The monoisotopic (exact) mass is 521 g/mol. The summed E-state index contributed by atoms with van der Waals surface area (Å²) in [5, 5.41) is 3.49. The summed E-state index contributed by atoms with van der Waals surface area (Å²) >= 11 is 6.01. The lowest BCUT2D eigenvalue weighted by molar-refractivity contribution is -0.141. The highest BCUT2D eigenvalue weighted by molar-refractivity contribution is 7.92. The van der Waals surface area contributed by atoms with Crippen molar-refractivity contribution in [3.05, 3.63) is 64.7 Å². The molecule has 0 aliphatic carbocycles. The highest BCUT2D eigenvalue weighted by Gasteiger charge is 2.28. The van der Waals surface area contributed by atoms with Crippen LogP contribution in [0.15, 0.2) is 48.5 Å². The molecule has 2 rings (SSSR count). The van der Waals surface area contributed by atoms with E-state index in [-0.39, 0.29) is 31.3 Å². The number of anilines is 1. The van der Waals surface area contributed by atoms with E-state index >= 15 is 0 Å². The topological polar surface area (TPSA) is 86.8 Å². The van der Waals surface area contributed by atoms with E-state index in [0.717, 1.165) is 17.5 Å². The van der Waals surface area contributed by atoms with Crippen LogP contribution in [0, 0.1) is 6.92 Å². The maximum absolute atomic E-state index is 13.4. The van der Waals surface area contributed by atoms with Crippen molar-refractivity contribution in [1.82, 2.24) is 10.2 Å². The number of hydrogen-bond donors (Lipinski definition) is 1. The van der Waals surface area contributed by atoms with Crippen molar-refractivity contribution in [2.75, 3.05) is 23.7 Å². The van der Waals surface area contributed by atoms with Gasteiger partial charge in [0, 0.05) is 31.1 Å². The van der Waals surface area contributed by atoms with Crippen molar-refractivity contribution in [3.8, 4) is 0 Å². The Hall–Kier alpha value is -2.58. The minimum absolute atomic E-state index is 0.114. The number of amides is 2. The Morgan fingerprint density at radius 2 is 1.71 bits per heavy atom. The summed E-state index contributed by atoms with van der Waals surface area (Å²) in [7, 11) is -3.52. The minimum Gasteiger partial charge on any atom is -0.354 e. The number of rotatable bonds is 13. The van der Waals surface area contributed by atoms with Crippen molar-refractivity contribution in [2.45, 2.75) is 59.0 Å². The Labute approximate surface area is 214 Å². The first kappa shape index (κ1) is 28.7. The SMILES string of the molecule is CCCNC(=O)[C@@H](CC)N(Cc1ccc(Cl)cc1)C(=O)CCCN(c1ccccc1C)S(C)(=O)=O. The highest BCUT2D eigenvalue weighted by atomic mass is 35.5. The number of benzene rings is 2. The van der Waals surface area contributed by atoms with Gasteiger partial charge in [0.2, 0.25) is 21.8 Å². The van der Waals surface area contributed by atoms with E-state index < -0.39 is 16.1 Å². The van der Waals surface area contributed by atoms with Gasteiger partial charge >= 0.3 is 0 Å². The number of sulfonamides is 1. The van der Waals surface area contributed by atoms with Crippen molar-refractivity contribution < 1.29 is 18.0 Å². The summed E-state index contributed by atoms with van der Waals surface area (Å²) in [4.78, 5) is 27.8. The van der Waals surface area contributed by atoms with Gasteiger partial charge in [-0.05, 0) is 55.5 Å². The van der Waals surface area contributed by atoms with Crippen LogP contribution in [0.2, 0.25) is 5.02 Å². The minimum atomic E-state index is -3.52. The zero-order valence-corrected chi connectivity index (χ0v) is 22.5. The van der Waals surface area contributed by atoms with Crippen LogP contribution in [0.25, 0.3) is 0 Å². The van der Waals surface area contributed by atoms with E-state index in [2.05, 4.69) is 5.32 Å². The molecule has 192 valence electrons. The van der Waals surface area contributed by atoms with Gasteiger partial charge in [0.1, 0.15) is 6.04 Å². The van der Waals surface area contributed by atoms with Crippen molar-refractivity contribution in [1.29, 1.82) is 0 Å². The first-order valence-corrected chi connectivity index (χ1v) is 14.2. The lowest BCUT2D eigenvalue weighted by Gasteiger charge is -2.31. The molecule has 1 N–H and O–H groups in total. The summed E-state index contributed by atoms with van der Waals surface area (Å²) in [5.74, 6) is -0.383. The third kappa shape index (κ3) is 8.54. The fourth-order valence-corrected chi connectivity index (χ4v) is 5.05. The zero-order valence-electron chi connectivity index (χ0n) is 21.0. The van der Waals surface area contributed by atoms with Gasteiger partial charge in [0.15, 0.2) is 0 Å². The van der Waals surface area contributed by atoms with Gasteiger partial charge in [0.25, 0.3) is 0 Å². The second-order valence-electron chi connectivity index (χ2n) is 8.59. The standard InChI is InChI=1S/C26H36ClN3O4S/c1-5-17-28-26(32)23(6-2)29(19-21-13-15-22(27)16-14-21)25(31)12-9-18-30(35(4,33)34)24-11-8-7-10-20(24)3/h7-8,10-11,13-16,23H,5-6,9,12,17-19H2,1-4H3,(H,28,32)/t23-/m1/s1. The number of aryl methyl sites for hydroxylation is 1. The predicted octanol–water partition coefficient (Wildman–Crippen LogP) is 4.53. The van der Waals surface area contributed by atoms with E-state index in [0.29, 0.717) is 30.1 Å². The second-order valence-corrected chi connectivity index (χ2v) is 10.9. The van der Waals surface area contributed by atoms with Gasteiger partial charge in [-0.15, -0.1) is 0 Å². The van der Waals surface area contributed by atoms with Gasteiger partial charge in [-0.3, -0.25) is 13.9 Å². The molecule has 0 aromatic heterocycles. The number of hydrogen-bond acceptors (Lipinski definition) is 4. The van der Waals surface area contributed by atoms with E-state index in [1.165, 1.54) is 10.6 Å². The average Bonchev–Trinajstić information content (AvgIpc) is 2.81. The Kier molecular flexibility index (Phi) is 11.0. The van der Waals surface area contributed by atoms with Crippen LogP contribution in [0.1, 0.15) is 50.7 Å². The zero-order chi connectivity index (χ0) is 26.0. The first-order valence-electron chi connectivity index (χ1n) is 11.9. The normalized spacial score (nSPS) is 12.1. The molecule has 1 atom stereocenters. The van der Waals surface area contributed by atoms with E-state index in [4.69, 9.17) is 11.6 Å². The fourth-order valence-electron chi connectivity index (χ4n) is 3.90. The molecule has 0 unspecified atom stereocenters. The summed E-state index contributed by atoms with van der Waals surface area (Å²) in [6, 6.07) is 13.8. The van der Waals surface area contributed by atoms with Crippen LogP contribution < -0.4 is 9.62 Å². The molecule has 0 saturated heterocycles. The summed E-state index contributed by atoms with van der Waals surface area (Å²) < 4.78 is 26.3. The highest BCUT2D eigenvalue weighted by Crippen LogP contribution is 2.23. The molecule has 0 radical (unpaired) electrons. The summed E-state index contributed by atoms with van der Waals surface area (Å²) in [5.41, 5.74) is 2.31. The van der Waals surface area contributed by atoms with Crippen LogP contribution in [0.3, 0.4) is 0 Å². The molecular formula is C26H36ClN3O4S. The maximum atomic E-state index is 13.4. The van der Waals surface area contributed by atoms with E-state index in [1.54, 1.807) is 29.2 Å². The Morgan fingerprint density at radius 3 is 2.29 bits per heavy atom. The number of nitrogens with zero attached hydrogens (tertiary/aromatic N) is 2. The number of halogens is 1. The molecule has 0 aliphatic rings. The molecule has 2 aromatic carbocycles. The Morgan fingerprint density at radius 1 is 1.06 bits per heavy atom. The van der Waals surface area contributed by atoms with Crippen LogP contribution in [-0.4, -0.2) is 50.5 Å². The van der Waals surface area contributed by atoms with Gasteiger partial charge in [-0.2, -0.15) is 0 Å². The molecule has 0 fully saturated rings. The molecule has 35 heavy (non-hydrogen) atoms. The number of carbonyl (C=O) groups excluding carboxylic acids is 2. The van der Waals surface area contributed by atoms with E-state index in [9.17, 15) is 18.0 Å². The summed E-state index contributed by atoms with van der Waals surface area (Å²) in [6.45, 7) is 6.68. The van der Waals surface area contributed by atoms with Gasteiger partial charge in [-0.25, -0.2) is 8.42 Å². The molecule has 2 amide bonds. The molecule has 0 bridgehead atoms. The van der Waals surface area contributed by atoms with Crippen LogP contribution in [-0.2, 0) is 26.2 Å². The van der Waals surface area contributed by atoms with Crippen LogP contribution >= 0.6 is 11.6 Å². The molecule has 0 spiro atoms. The molecule has 7 nitrogen and oxygen atoms in total. The largest absolute Gasteiger partial charge is 0.354 e. The Balaban J connectivity index is 2.20. The van der Waals surface area contributed by atoms with Gasteiger partial charge < -0.3 is 10.2 Å². The smallest absolute Gasteiger partial charge is 0.242 e. The third-order valence-corrected chi connectivity index (χ3v) is 7.17. The number of carbonyl (C=O) groups is 2. The maximum Gasteiger partial charge on any atom is 0.242 e. The number of para-hydroxylation sites is 1. The molecule has 0 aliphatic heterocycles. The van der Waals surface area contributed by atoms with Gasteiger partial charge in [0.05, 0.1) is 11.9 Å². The second kappa shape index (κ2) is 13.5. The molecule has 2 aromatic rings. The molecule has 9 heteroatoms. The Bertz CT molecular complexity index is 1090. The fraction of sp³-hybridized carbons (Fsp3) is 0.462. The molecule has 0 saturated carbocycles. The predicted molar refractivity (Wildman–Crippen MR) is 142 cm³/mol. The third-order valence-electron chi connectivity index (χ3n) is 5.74. The van der Waals surface area contributed by atoms with Gasteiger partial charge in [-0.1, -0.05) is 55.8 Å². The van der Waals surface area contributed by atoms with Crippen molar-refractivity contribution in [3.63, 3.8) is 0 Å². The number of nitrogens with one attached hydrogen (secondary N) is 1. The lowest BCUT2D eigenvalue weighted by atomic mass is 10.1. The average molecular weight is 522 g/mol. The van der Waals surface area contributed by atoms with Crippen LogP contribution in [0.4, 0.5) is 5.69 Å². The van der Waals surface area contributed by atoms with Crippen LogP contribution in [0.5, 0.6) is 0 Å².